The molecule has 0 aromatic rings. The van der Waals surface area contributed by atoms with E-state index in [4.69, 9.17) is 0 Å². The molecule has 1 N–H and O–H groups in total. The summed E-state index contributed by atoms with van der Waals surface area (Å²) >= 11 is 0. The lowest BCUT2D eigenvalue weighted by Gasteiger charge is -2.15. The van der Waals surface area contributed by atoms with Crippen LogP contribution in [0.3, 0.4) is 0 Å². The molecule has 0 aromatic carbocycles. The van der Waals surface area contributed by atoms with E-state index in [1.165, 1.54) is 12.8 Å². The van der Waals surface area contributed by atoms with Gasteiger partial charge in [0.15, 0.2) is 0 Å². The summed E-state index contributed by atoms with van der Waals surface area (Å²) in [5.74, 6) is 0. The first-order valence-electron chi connectivity index (χ1n) is 3.87. The van der Waals surface area contributed by atoms with Crippen molar-refractivity contribution in [1.29, 1.82) is 0 Å². The molecule has 0 saturated heterocycles. The van der Waals surface area contributed by atoms with Gasteiger partial charge in [-0.1, -0.05) is 20.3 Å². The fourth-order valence-corrected chi connectivity index (χ4v) is 1.15. The summed E-state index contributed by atoms with van der Waals surface area (Å²) in [6.07, 6.45) is 4.53. The first-order valence-corrected chi connectivity index (χ1v) is 3.87. The zero-order valence-electron chi connectivity index (χ0n) is 6.35. The monoisotopic (exact) mass is 128 g/mol. The van der Waals surface area contributed by atoms with E-state index < -0.39 is 0 Å². The SMILES string of the molecule is CCC[C@H](O)C1(C)CC1. The van der Waals surface area contributed by atoms with E-state index in [9.17, 15) is 5.11 Å². The first-order chi connectivity index (χ1) is 4.19. The summed E-state index contributed by atoms with van der Waals surface area (Å²) in [5.41, 5.74) is 0.315. The molecular weight excluding hydrogens is 112 g/mol. The second-order valence-corrected chi connectivity index (χ2v) is 3.46. The Morgan fingerprint density at radius 1 is 1.56 bits per heavy atom. The highest BCUT2D eigenvalue weighted by Gasteiger charge is 2.43. The van der Waals surface area contributed by atoms with Crippen LogP contribution in [0.4, 0.5) is 0 Å². The van der Waals surface area contributed by atoms with E-state index in [-0.39, 0.29) is 6.10 Å². The Morgan fingerprint density at radius 3 is 2.44 bits per heavy atom. The van der Waals surface area contributed by atoms with Crippen molar-refractivity contribution in [3.63, 3.8) is 0 Å². The highest BCUT2D eigenvalue weighted by Crippen LogP contribution is 2.49. The molecule has 1 aliphatic rings. The minimum absolute atomic E-state index is 0.0255. The second kappa shape index (κ2) is 2.30. The van der Waals surface area contributed by atoms with Crippen molar-refractivity contribution < 1.29 is 5.11 Å². The maximum Gasteiger partial charge on any atom is 0.0593 e. The Hall–Kier alpha value is -0.0400. The van der Waals surface area contributed by atoms with Crippen LogP contribution in [-0.2, 0) is 0 Å². The lowest BCUT2D eigenvalue weighted by atomic mass is 9.98. The van der Waals surface area contributed by atoms with Crippen molar-refractivity contribution in [2.24, 2.45) is 5.41 Å². The van der Waals surface area contributed by atoms with Gasteiger partial charge in [0.25, 0.3) is 0 Å². The molecule has 0 unspecified atom stereocenters. The van der Waals surface area contributed by atoms with Crippen LogP contribution in [0.25, 0.3) is 0 Å². The predicted octanol–water partition coefficient (Wildman–Crippen LogP) is 1.95. The van der Waals surface area contributed by atoms with E-state index in [0.717, 1.165) is 12.8 Å². The lowest BCUT2D eigenvalue weighted by Crippen LogP contribution is -2.17. The molecule has 0 amide bonds. The van der Waals surface area contributed by atoms with Crippen LogP contribution in [0.2, 0.25) is 0 Å². The molecule has 0 radical (unpaired) electrons. The van der Waals surface area contributed by atoms with Crippen molar-refractivity contribution in [2.45, 2.75) is 45.6 Å². The molecule has 0 aliphatic heterocycles. The van der Waals surface area contributed by atoms with Gasteiger partial charge in [-0.05, 0) is 24.7 Å². The van der Waals surface area contributed by atoms with Crippen molar-refractivity contribution in [3.05, 3.63) is 0 Å². The van der Waals surface area contributed by atoms with Crippen LogP contribution in [0.1, 0.15) is 39.5 Å². The van der Waals surface area contributed by atoms with Crippen LogP contribution in [0.5, 0.6) is 0 Å². The van der Waals surface area contributed by atoms with Crippen molar-refractivity contribution in [3.8, 4) is 0 Å². The Labute approximate surface area is 57.1 Å². The number of aliphatic hydroxyl groups excluding tert-OH is 1. The lowest BCUT2D eigenvalue weighted by molar-refractivity contribution is 0.0935. The molecule has 1 fully saturated rings. The minimum atomic E-state index is -0.0255. The molecule has 1 atom stereocenters. The zero-order valence-corrected chi connectivity index (χ0v) is 6.35. The van der Waals surface area contributed by atoms with E-state index in [1.54, 1.807) is 0 Å². The van der Waals surface area contributed by atoms with Gasteiger partial charge in [-0.3, -0.25) is 0 Å². The third kappa shape index (κ3) is 1.45. The molecule has 1 saturated carbocycles. The van der Waals surface area contributed by atoms with Gasteiger partial charge in [-0.25, -0.2) is 0 Å². The topological polar surface area (TPSA) is 20.2 Å². The summed E-state index contributed by atoms with van der Waals surface area (Å²) < 4.78 is 0. The molecule has 0 heterocycles. The fourth-order valence-electron chi connectivity index (χ4n) is 1.15. The smallest absolute Gasteiger partial charge is 0.0593 e. The van der Waals surface area contributed by atoms with Gasteiger partial charge in [0.05, 0.1) is 6.10 Å². The molecular formula is C8H16O. The first kappa shape index (κ1) is 7.07. The third-order valence-electron chi connectivity index (χ3n) is 2.41. The van der Waals surface area contributed by atoms with Crippen molar-refractivity contribution in [1.82, 2.24) is 0 Å². The Bertz CT molecular complexity index is 94.7. The summed E-state index contributed by atoms with van der Waals surface area (Å²) in [7, 11) is 0. The number of hydrogen-bond donors (Lipinski definition) is 1. The Balaban J connectivity index is 2.24. The molecule has 0 spiro atoms. The summed E-state index contributed by atoms with van der Waals surface area (Å²) in [5, 5.41) is 9.45. The van der Waals surface area contributed by atoms with Gasteiger partial charge in [-0.15, -0.1) is 0 Å². The van der Waals surface area contributed by atoms with Crippen LogP contribution in [0.15, 0.2) is 0 Å². The van der Waals surface area contributed by atoms with Gasteiger partial charge in [0.2, 0.25) is 0 Å². The largest absolute Gasteiger partial charge is 0.393 e. The molecule has 1 nitrogen and oxygen atoms in total. The van der Waals surface area contributed by atoms with E-state index in [2.05, 4.69) is 13.8 Å². The second-order valence-electron chi connectivity index (χ2n) is 3.46. The highest BCUT2D eigenvalue weighted by molar-refractivity contribution is 4.94. The molecule has 1 rings (SSSR count). The minimum Gasteiger partial charge on any atom is -0.393 e. The van der Waals surface area contributed by atoms with E-state index in [0.29, 0.717) is 5.41 Å². The number of hydrogen-bond acceptors (Lipinski definition) is 1. The average molecular weight is 128 g/mol. The van der Waals surface area contributed by atoms with Crippen LogP contribution >= 0.6 is 0 Å². The molecule has 0 aromatic heterocycles. The van der Waals surface area contributed by atoms with Crippen LogP contribution < -0.4 is 0 Å². The molecule has 1 heteroatoms. The van der Waals surface area contributed by atoms with Gasteiger partial charge < -0.3 is 5.11 Å². The fraction of sp³-hybridized carbons (Fsp3) is 1.00. The standard InChI is InChI=1S/C8H16O/c1-3-4-7(9)8(2)5-6-8/h7,9H,3-6H2,1-2H3/t7-/m0/s1. The van der Waals surface area contributed by atoms with Crippen LogP contribution in [-0.4, -0.2) is 11.2 Å². The molecule has 1 aliphatic carbocycles. The quantitative estimate of drug-likeness (QED) is 0.616. The van der Waals surface area contributed by atoms with Gasteiger partial charge in [0.1, 0.15) is 0 Å². The molecule has 54 valence electrons. The summed E-state index contributed by atoms with van der Waals surface area (Å²) in [6, 6.07) is 0. The van der Waals surface area contributed by atoms with Gasteiger partial charge in [-0.2, -0.15) is 0 Å². The average Bonchev–Trinajstić information content (AvgIpc) is 2.50. The summed E-state index contributed by atoms with van der Waals surface area (Å²) in [4.78, 5) is 0. The van der Waals surface area contributed by atoms with Gasteiger partial charge >= 0.3 is 0 Å². The Morgan fingerprint density at radius 2 is 2.11 bits per heavy atom. The normalized spacial score (nSPS) is 25.7. The highest BCUT2D eigenvalue weighted by atomic mass is 16.3. The maximum absolute atomic E-state index is 9.45. The Kier molecular flexibility index (Phi) is 1.80. The molecule has 0 bridgehead atoms. The predicted molar refractivity (Wildman–Crippen MR) is 38.3 cm³/mol. The van der Waals surface area contributed by atoms with Crippen molar-refractivity contribution >= 4 is 0 Å². The maximum atomic E-state index is 9.45. The van der Waals surface area contributed by atoms with Crippen molar-refractivity contribution in [2.75, 3.05) is 0 Å². The van der Waals surface area contributed by atoms with Gasteiger partial charge in [0, 0.05) is 0 Å². The van der Waals surface area contributed by atoms with E-state index in [1.807, 2.05) is 0 Å². The number of aliphatic hydroxyl groups is 1. The zero-order chi connectivity index (χ0) is 6.91. The van der Waals surface area contributed by atoms with E-state index >= 15 is 0 Å². The summed E-state index contributed by atoms with van der Waals surface area (Å²) in [6.45, 7) is 4.29. The molecule has 9 heavy (non-hydrogen) atoms. The number of rotatable bonds is 3. The third-order valence-corrected chi connectivity index (χ3v) is 2.41. The van der Waals surface area contributed by atoms with Crippen LogP contribution in [0, 0.1) is 5.41 Å².